The van der Waals surface area contributed by atoms with Crippen molar-refractivity contribution in [1.29, 1.82) is 0 Å². The first-order valence-electron chi connectivity index (χ1n) is 5.27. The lowest BCUT2D eigenvalue weighted by atomic mass is 10.2. The van der Waals surface area contributed by atoms with Crippen molar-refractivity contribution in [3.05, 3.63) is 36.4 Å². The van der Waals surface area contributed by atoms with Crippen LogP contribution in [0.5, 0.6) is 5.75 Å². The van der Waals surface area contributed by atoms with Crippen LogP contribution in [-0.2, 0) is 0 Å². The second-order valence-corrected chi connectivity index (χ2v) is 3.74. The third kappa shape index (κ3) is 1.73. The topological polar surface area (TPSA) is 85.2 Å². The largest absolute Gasteiger partial charge is 0.508 e. The molecule has 6 nitrogen and oxygen atoms in total. The van der Waals surface area contributed by atoms with Gasteiger partial charge in [-0.05, 0) is 19.1 Å². The van der Waals surface area contributed by atoms with Crippen LogP contribution < -0.4 is 0 Å². The van der Waals surface area contributed by atoms with Gasteiger partial charge in [0.1, 0.15) is 5.75 Å². The van der Waals surface area contributed by atoms with Crippen LogP contribution in [0.1, 0.15) is 5.69 Å². The molecule has 2 heterocycles. The molecule has 0 aliphatic heterocycles. The number of aryl methyl sites for hydroxylation is 1. The van der Waals surface area contributed by atoms with E-state index < -0.39 is 0 Å². The van der Waals surface area contributed by atoms with E-state index in [4.69, 9.17) is 8.94 Å². The molecule has 0 spiro atoms. The zero-order chi connectivity index (χ0) is 12.5. The third-order valence-electron chi connectivity index (χ3n) is 2.47. The lowest BCUT2D eigenvalue weighted by Crippen LogP contribution is -1.81. The van der Waals surface area contributed by atoms with Gasteiger partial charge < -0.3 is 14.0 Å². The summed E-state index contributed by atoms with van der Waals surface area (Å²) >= 11 is 0. The van der Waals surface area contributed by atoms with E-state index in [2.05, 4.69) is 15.1 Å². The fourth-order valence-corrected chi connectivity index (χ4v) is 1.59. The maximum absolute atomic E-state index is 9.39. The maximum atomic E-state index is 9.39. The SMILES string of the molecule is Cc1ncoc1-c1nc(-c2cccc(O)c2)no1. The van der Waals surface area contributed by atoms with E-state index in [9.17, 15) is 5.11 Å². The minimum absolute atomic E-state index is 0.148. The summed E-state index contributed by atoms with van der Waals surface area (Å²) in [5.74, 6) is 1.25. The first kappa shape index (κ1) is 10.5. The summed E-state index contributed by atoms with van der Waals surface area (Å²) in [4.78, 5) is 8.16. The molecule has 0 amide bonds. The zero-order valence-corrected chi connectivity index (χ0v) is 9.49. The van der Waals surface area contributed by atoms with Gasteiger partial charge in [-0.3, -0.25) is 0 Å². The minimum Gasteiger partial charge on any atom is -0.508 e. The highest BCUT2D eigenvalue weighted by atomic mass is 16.5. The summed E-state index contributed by atoms with van der Waals surface area (Å²) in [6, 6.07) is 6.62. The molecule has 0 saturated heterocycles. The lowest BCUT2D eigenvalue weighted by molar-refractivity contribution is 0.416. The average Bonchev–Trinajstić information content (AvgIpc) is 2.97. The number of benzene rings is 1. The van der Waals surface area contributed by atoms with Gasteiger partial charge in [0, 0.05) is 5.56 Å². The molecule has 1 N–H and O–H groups in total. The van der Waals surface area contributed by atoms with Crippen LogP contribution in [0.25, 0.3) is 23.0 Å². The first-order chi connectivity index (χ1) is 8.74. The van der Waals surface area contributed by atoms with Crippen LogP contribution in [0, 0.1) is 6.92 Å². The van der Waals surface area contributed by atoms with Gasteiger partial charge in [-0.1, -0.05) is 17.3 Å². The molecule has 0 bridgehead atoms. The zero-order valence-electron chi connectivity index (χ0n) is 9.49. The van der Waals surface area contributed by atoms with Gasteiger partial charge in [-0.25, -0.2) is 4.98 Å². The van der Waals surface area contributed by atoms with Crippen LogP contribution in [0.15, 0.2) is 39.6 Å². The summed E-state index contributed by atoms with van der Waals surface area (Å²) in [7, 11) is 0. The van der Waals surface area contributed by atoms with Gasteiger partial charge in [-0.15, -0.1) is 0 Å². The highest BCUT2D eigenvalue weighted by Gasteiger charge is 2.16. The Morgan fingerprint density at radius 2 is 2.17 bits per heavy atom. The Hall–Kier alpha value is -2.63. The standard InChI is InChI=1S/C12H9N3O3/c1-7-10(17-6-13-7)12-14-11(15-18-12)8-3-2-4-9(16)5-8/h2-6,16H,1H3. The highest BCUT2D eigenvalue weighted by Crippen LogP contribution is 2.25. The minimum atomic E-state index is 0.148. The Labute approximate surface area is 102 Å². The second-order valence-electron chi connectivity index (χ2n) is 3.74. The average molecular weight is 243 g/mol. The molecule has 0 saturated carbocycles. The van der Waals surface area contributed by atoms with Crippen LogP contribution in [0.2, 0.25) is 0 Å². The number of hydrogen-bond acceptors (Lipinski definition) is 6. The number of phenolic OH excluding ortho intramolecular Hbond substituents is 1. The lowest BCUT2D eigenvalue weighted by Gasteiger charge is -1.94. The number of aromatic hydroxyl groups is 1. The van der Waals surface area contributed by atoms with Crippen molar-refractivity contribution in [3.8, 4) is 28.8 Å². The molecule has 0 radical (unpaired) electrons. The van der Waals surface area contributed by atoms with Gasteiger partial charge in [-0.2, -0.15) is 4.98 Å². The Balaban J connectivity index is 2.02. The summed E-state index contributed by atoms with van der Waals surface area (Å²) in [5.41, 5.74) is 1.35. The second kappa shape index (κ2) is 3.99. The van der Waals surface area contributed by atoms with Crippen molar-refractivity contribution in [3.63, 3.8) is 0 Å². The third-order valence-corrected chi connectivity index (χ3v) is 2.47. The summed E-state index contributed by atoms with van der Waals surface area (Å²) < 4.78 is 10.3. The Kier molecular flexibility index (Phi) is 2.33. The van der Waals surface area contributed by atoms with Crippen molar-refractivity contribution in [1.82, 2.24) is 15.1 Å². The van der Waals surface area contributed by atoms with E-state index in [1.54, 1.807) is 31.2 Å². The number of oxazole rings is 1. The quantitative estimate of drug-likeness (QED) is 0.743. The summed E-state index contributed by atoms with van der Waals surface area (Å²) in [5, 5.41) is 13.2. The molecular formula is C12H9N3O3. The fourth-order valence-electron chi connectivity index (χ4n) is 1.59. The number of rotatable bonds is 2. The molecule has 18 heavy (non-hydrogen) atoms. The van der Waals surface area contributed by atoms with Crippen molar-refractivity contribution >= 4 is 0 Å². The van der Waals surface area contributed by atoms with E-state index in [0.29, 0.717) is 22.8 Å². The predicted octanol–water partition coefficient (Wildman–Crippen LogP) is 2.41. The number of phenols is 1. The van der Waals surface area contributed by atoms with Crippen molar-refractivity contribution in [2.24, 2.45) is 0 Å². The maximum Gasteiger partial charge on any atom is 0.295 e. The molecule has 1 aromatic carbocycles. The van der Waals surface area contributed by atoms with Crippen molar-refractivity contribution < 1.29 is 14.0 Å². The normalized spacial score (nSPS) is 10.7. The van der Waals surface area contributed by atoms with Gasteiger partial charge in [0.15, 0.2) is 6.39 Å². The van der Waals surface area contributed by atoms with Crippen LogP contribution in [0.4, 0.5) is 0 Å². The number of hydrogen-bond donors (Lipinski definition) is 1. The molecule has 0 atom stereocenters. The van der Waals surface area contributed by atoms with Crippen molar-refractivity contribution in [2.45, 2.75) is 6.92 Å². The van der Waals surface area contributed by atoms with Gasteiger partial charge >= 0.3 is 0 Å². The summed E-state index contributed by atoms with van der Waals surface area (Å²) in [6.07, 6.45) is 1.32. The molecule has 0 unspecified atom stereocenters. The Morgan fingerprint density at radius 3 is 2.89 bits per heavy atom. The number of nitrogens with zero attached hydrogens (tertiary/aromatic N) is 3. The van der Waals surface area contributed by atoms with E-state index in [-0.39, 0.29) is 11.6 Å². The van der Waals surface area contributed by atoms with Crippen LogP contribution >= 0.6 is 0 Å². The highest BCUT2D eigenvalue weighted by molar-refractivity contribution is 5.59. The molecule has 3 aromatic rings. The number of aromatic nitrogens is 3. The fraction of sp³-hybridized carbons (Fsp3) is 0.0833. The Bertz CT molecular complexity index is 687. The molecular weight excluding hydrogens is 234 g/mol. The van der Waals surface area contributed by atoms with Crippen LogP contribution in [-0.4, -0.2) is 20.2 Å². The molecule has 3 rings (SSSR count). The first-order valence-corrected chi connectivity index (χ1v) is 5.27. The summed E-state index contributed by atoms with van der Waals surface area (Å²) in [6.45, 7) is 1.79. The Morgan fingerprint density at radius 1 is 1.28 bits per heavy atom. The molecule has 0 fully saturated rings. The smallest absolute Gasteiger partial charge is 0.295 e. The van der Waals surface area contributed by atoms with E-state index in [1.165, 1.54) is 6.39 Å². The van der Waals surface area contributed by atoms with Crippen molar-refractivity contribution in [2.75, 3.05) is 0 Å². The molecule has 6 heteroatoms. The predicted molar refractivity (Wildman–Crippen MR) is 61.6 cm³/mol. The van der Waals surface area contributed by atoms with Gasteiger partial charge in [0.25, 0.3) is 5.89 Å². The molecule has 2 aromatic heterocycles. The van der Waals surface area contributed by atoms with E-state index in [0.717, 1.165) is 0 Å². The van der Waals surface area contributed by atoms with Gasteiger partial charge in [0.05, 0.1) is 5.69 Å². The van der Waals surface area contributed by atoms with E-state index >= 15 is 0 Å². The van der Waals surface area contributed by atoms with E-state index in [1.807, 2.05) is 0 Å². The van der Waals surface area contributed by atoms with Gasteiger partial charge in [0.2, 0.25) is 11.6 Å². The van der Waals surface area contributed by atoms with Crippen LogP contribution in [0.3, 0.4) is 0 Å². The monoisotopic (exact) mass is 243 g/mol. The molecule has 0 aliphatic rings. The molecule has 90 valence electrons. The molecule has 0 aliphatic carbocycles.